The van der Waals surface area contributed by atoms with Gasteiger partial charge in [-0.2, -0.15) is 0 Å². The van der Waals surface area contributed by atoms with Gasteiger partial charge in [-0.1, -0.05) is 68.8 Å². The van der Waals surface area contributed by atoms with Gasteiger partial charge in [-0.25, -0.2) is 0 Å². The van der Waals surface area contributed by atoms with Crippen LogP contribution in [0.3, 0.4) is 0 Å². The zero-order valence-corrected chi connectivity index (χ0v) is 15.0. The average Bonchev–Trinajstić information content (AvgIpc) is 2.64. The maximum atomic E-state index is 12.2. The predicted molar refractivity (Wildman–Crippen MR) is 101 cm³/mol. The zero-order valence-electron chi connectivity index (χ0n) is 15.0. The Morgan fingerprint density at radius 3 is 2.04 bits per heavy atom. The molecule has 0 bridgehead atoms. The van der Waals surface area contributed by atoms with Crippen molar-refractivity contribution in [3.8, 4) is 11.1 Å². The van der Waals surface area contributed by atoms with E-state index < -0.39 is 11.9 Å². The molecule has 1 N–H and O–H groups in total. The molecule has 0 spiro atoms. The number of carboxylic acid groups (broad SMARTS) is 1. The number of carboxylic acids is 1. The summed E-state index contributed by atoms with van der Waals surface area (Å²) < 4.78 is 0. The molecule has 2 aromatic carbocycles. The molecule has 0 aromatic heterocycles. The molecule has 0 saturated carbocycles. The lowest BCUT2D eigenvalue weighted by Crippen LogP contribution is -2.11. The SMILES string of the molecule is CCCCc1ccc(-c2ccc(C(=O)CC[C@@H](C)C(=O)O)cc2)cc1. The molecule has 0 aliphatic carbocycles. The molecule has 0 aliphatic rings. The van der Waals surface area contributed by atoms with Crippen LogP contribution in [0.4, 0.5) is 0 Å². The van der Waals surface area contributed by atoms with E-state index in [1.165, 1.54) is 18.4 Å². The maximum absolute atomic E-state index is 12.2. The van der Waals surface area contributed by atoms with Gasteiger partial charge in [-0.15, -0.1) is 0 Å². The first-order valence-corrected chi connectivity index (χ1v) is 8.96. The minimum atomic E-state index is -0.856. The molecule has 0 fully saturated rings. The summed E-state index contributed by atoms with van der Waals surface area (Å²) in [4.78, 5) is 23.0. The highest BCUT2D eigenvalue weighted by Gasteiger charge is 2.14. The van der Waals surface area contributed by atoms with E-state index in [-0.39, 0.29) is 12.2 Å². The van der Waals surface area contributed by atoms with Gasteiger partial charge in [-0.05, 0) is 36.0 Å². The monoisotopic (exact) mass is 338 g/mol. The molecule has 3 heteroatoms. The molecular weight excluding hydrogens is 312 g/mol. The van der Waals surface area contributed by atoms with Gasteiger partial charge in [0.25, 0.3) is 0 Å². The Balaban J connectivity index is 1.99. The zero-order chi connectivity index (χ0) is 18.2. The van der Waals surface area contributed by atoms with Gasteiger partial charge in [0.05, 0.1) is 5.92 Å². The van der Waals surface area contributed by atoms with E-state index in [9.17, 15) is 9.59 Å². The summed E-state index contributed by atoms with van der Waals surface area (Å²) in [5.74, 6) is -1.35. The van der Waals surface area contributed by atoms with Crippen molar-refractivity contribution in [2.24, 2.45) is 5.92 Å². The number of ketones is 1. The number of rotatable bonds is 9. The van der Waals surface area contributed by atoms with Crippen LogP contribution in [0, 0.1) is 5.92 Å². The standard InChI is InChI=1S/C22H26O3/c1-3-4-5-17-7-9-18(10-8-17)19-11-13-20(14-12-19)21(23)15-6-16(2)22(24)25/h7-14,16H,3-6,15H2,1-2H3,(H,24,25)/t16-/m1/s1. The van der Waals surface area contributed by atoms with Crippen LogP contribution in [0.5, 0.6) is 0 Å². The number of unbranched alkanes of at least 4 members (excludes halogenated alkanes) is 1. The van der Waals surface area contributed by atoms with Crippen LogP contribution in [0.2, 0.25) is 0 Å². The third-order valence-corrected chi connectivity index (χ3v) is 4.54. The largest absolute Gasteiger partial charge is 0.481 e. The van der Waals surface area contributed by atoms with Gasteiger partial charge >= 0.3 is 5.97 Å². The third kappa shape index (κ3) is 5.56. The Morgan fingerprint density at radius 1 is 0.960 bits per heavy atom. The number of carbonyl (C=O) groups is 2. The van der Waals surface area contributed by atoms with E-state index in [1.54, 1.807) is 6.92 Å². The minimum Gasteiger partial charge on any atom is -0.481 e. The molecule has 0 unspecified atom stereocenters. The second kappa shape index (κ2) is 9.16. The van der Waals surface area contributed by atoms with Crippen molar-refractivity contribution < 1.29 is 14.7 Å². The van der Waals surface area contributed by atoms with Crippen LogP contribution in [-0.4, -0.2) is 16.9 Å². The van der Waals surface area contributed by atoms with Crippen molar-refractivity contribution >= 4 is 11.8 Å². The Hall–Kier alpha value is -2.42. The van der Waals surface area contributed by atoms with Crippen molar-refractivity contribution in [3.63, 3.8) is 0 Å². The normalized spacial score (nSPS) is 11.9. The van der Waals surface area contributed by atoms with E-state index in [1.807, 2.05) is 24.3 Å². The minimum absolute atomic E-state index is 0.00503. The maximum Gasteiger partial charge on any atom is 0.306 e. The fraction of sp³-hybridized carbons (Fsp3) is 0.364. The Bertz CT molecular complexity index is 699. The number of hydrogen-bond acceptors (Lipinski definition) is 2. The van der Waals surface area contributed by atoms with E-state index in [2.05, 4.69) is 31.2 Å². The van der Waals surface area contributed by atoms with E-state index in [0.717, 1.165) is 17.5 Å². The molecule has 0 aliphatic heterocycles. The summed E-state index contributed by atoms with van der Waals surface area (Å²) in [7, 11) is 0. The predicted octanol–water partition coefficient (Wildman–Crippen LogP) is 5.38. The van der Waals surface area contributed by atoms with Crippen LogP contribution < -0.4 is 0 Å². The number of Topliss-reactive ketones (excluding diaryl/α,β-unsaturated/α-hetero) is 1. The molecule has 0 saturated heterocycles. The summed E-state index contributed by atoms with van der Waals surface area (Å²) in [6, 6.07) is 16.1. The van der Waals surface area contributed by atoms with Gasteiger partial charge in [0, 0.05) is 12.0 Å². The molecule has 2 rings (SSSR count). The van der Waals surface area contributed by atoms with Gasteiger partial charge in [-0.3, -0.25) is 9.59 Å². The third-order valence-electron chi connectivity index (χ3n) is 4.54. The smallest absolute Gasteiger partial charge is 0.306 e. The van der Waals surface area contributed by atoms with Gasteiger partial charge < -0.3 is 5.11 Å². The highest BCUT2D eigenvalue weighted by Crippen LogP contribution is 2.22. The van der Waals surface area contributed by atoms with Crippen molar-refractivity contribution in [1.29, 1.82) is 0 Å². The lowest BCUT2D eigenvalue weighted by molar-refractivity contribution is -0.141. The topological polar surface area (TPSA) is 54.4 Å². The fourth-order valence-electron chi connectivity index (χ4n) is 2.71. The first kappa shape index (κ1) is 18.9. The lowest BCUT2D eigenvalue weighted by atomic mass is 9.97. The molecule has 2 aromatic rings. The number of hydrogen-bond donors (Lipinski definition) is 1. The second-order valence-electron chi connectivity index (χ2n) is 6.58. The quantitative estimate of drug-likeness (QED) is 0.625. The highest BCUT2D eigenvalue weighted by molar-refractivity contribution is 5.96. The Labute approximate surface area is 149 Å². The van der Waals surface area contributed by atoms with Gasteiger partial charge in [0.2, 0.25) is 0 Å². The molecule has 132 valence electrons. The highest BCUT2D eigenvalue weighted by atomic mass is 16.4. The van der Waals surface area contributed by atoms with Gasteiger partial charge in [0.15, 0.2) is 5.78 Å². The summed E-state index contributed by atoms with van der Waals surface area (Å²) >= 11 is 0. The summed E-state index contributed by atoms with van der Waals surface area (Å²) in [6.45, 7) is 3.82. The fourth-order valence-corrected chi connectivity index (χ4v) is 2.71. The number of aliphatic carboxylic acids is 1. The van der Waals surface area contributed by atoms with Gasteiger partial charge in [0.1, 0.15) is 0 Å². The Morgan fingerprint density at radius 2 is 1.52 bits per heavy atom. The van der Waals surface area contributed by atoms with E-state index in [0.29, 0.717) is 12.0 Å². The lowest BCUT2D eigenvalue weighted by Gasteiger charge is -2.07. The second-order valence-corrected chi connectivity index (χ2v) is 6.58. The first-order chi connectivity index (χ1) is 12.0. The number of benzene rings is 2. The van der Waals surface area contributed by atoms with Crippen molar-refractivity contribution in [3.05, 3.63) is 59.7 Å². The van der Waals surface area contributed by atoms with Crippen LogP contribution in [0.1, 0.15) is 55.5 Å². The average molecular weight is 338 g/mol. The molecular formula is C22H26O3. The van der Waals surface area contributed by atoms with E-state index in [4.69, 9.17) is 5.11 Å². The molecule has 1 atom stereocenters. The summed E-state index contributed by atoms with van der Waals surface area (Å²) in [6.07, 6.45) is 4.15. The number of carbonyl (C=O) groups excluding carboxylic acids is 1. The van der Waals surface area contributed by atoms with Crippen LogP contribution in [0.15, 0.2) is 48.5 Å². The summed E-state index contributed by atoms with van der Waals surface area (Å²) in [5, 5.41) is 8.88. The van der Waals surface area contributed by atoms with Crippen molar-refractivity contribution in [2.45, 2.75) is 46.0 Å². The Kier molecular flexibility index (Phi) is 6.93. The van der Waals surface area contributed by atoms with Crippen LogP contribution >= 0.6 is 0 Å². The summed E-state index contributed by atoms with van der Waals surface area (Å²) in [5.41, 5.74) is 4.21. The molecule has 25 heavy (non-hydrogen) atoms. The van der Waals surface area contributed by atoms with Crippen molar-refractivity contribution in [1.82, 2.24) is 0 Å². The van der Waals surface area contributed by atoms with E-state index >= 15 is 0 Å². The van der Waals surface area contributed by atoms with Crippen LogP contribution in [0.25, 0.3) is 11.1 Å². The van der Waals surface area contributed by atoms with Crippen molar-refractivity contribution in [2.75, 3.05) is 0 Å². The first-order valence-electron chi connectivity index (χ1n) is 8.96. The molecule has 3 nitrogen and oxygen atoms in total. The molecule has 0 radical (unpaired) electrons. The number of aryl methyl sites for hydroxylation is 1. The molecule has 0 heterocycles. The van der Waals surface area contributed by atoms with Crippen LogP contribution in [-0.2, 0) is 11.2 Å². The molecule has 0 amide bonds.